The Hall–Kier alpha value is -1.48. The van der Waals surface area contributed by atoms with E-state index in [2.05, 4.69) is 15.6 Å². The molecule has 0 saturated heterocycles. The molecule has 0 aromatic carbocycles. The van der Waals surface area contributed by atoms with E-state index in [0.29, 0.717) is 6.54 Å². The van der Waals surface area contributed by atoms with Crippen LogP contribution in [0, 0.1) is 5.92 Å². The lowest BCUT2D eigenvalue weighted by molar-refractivity contribution is -0.117. The van der Waals surface area contributed by atoms with E-state index >= 15 is 0 Å². The zero-order valence-electron chi connectivity index (χ0n) is 11.9. The Morgan fingerprint density at radius 3 is 2.86 bits per heavy atom. The molecule has 0 aliphatic heterocycles. The van der Waals surface area contributed by atoms with E-state index in [4.69, 9.17) is 5.73 Å². The molecule has 1 fully saturated rings. The molecule has 21 heavy (non-hydrogen) atoms. The molecule has 1 aromatic heterocycles. The van der Waals surface area contributed by atoms with Crippen molar-refractivity contribution in [3.8, 4) is 0 Å². The van der Waals surface area contributed by atoms with E-state index in [-0.39, 0.29) is 24.5 Å². The molecule has 2 rings (SSSR count). The van der Waals surface area contributed by atoms with Gasteiger partial charge in [0.15, 0.2) is 9.84 Å². The molecule has 8 nitrogen and oxygen atoms in total. The van der Waals surface area contributed by atoms with Gasteiger partial charge >= 0.3 is 0 Å². The smallest absolute Gasteiger partial charge is 0.218 e. The van der Waals surface area contributed by atoms with E-state index in [9.17, 15) is 13.2 Å². The first-order chi connectivity index (χ1) is 9.94. The minimum Gasteiger partial charge on any atom is -0.370 e. The number of carbonyl (C=O) groups excluding carboxylic acids is 1. The minimum atomic E-state index is -3.29. The average molecular weight is 315 g/mol. The number of primary amides is 1. The third-order valence-electron chi connectivity index (χ3n) is 3.31. The zero-order valence-corrected chi connectivity index (χ0v) is 12.7. The molecule has 0 spiro atoms. The van der Waals surface area contributed by atoms with Gasteiger partial charge in [0.25, 0.3) is 0 Å². The van der Waals surface area contributed by atoms with Crippen LogP contribution in [0.4, 0.5) is 0 Å². The number of rotatable bonds is 10. The molecule has 0 atom stereocenters. The molecule has 1 saturated carbocycles. The quantitative estimate of drug-likeness (QED) is 0.575. The number of amides is 1. The molecule has 1 amide bonds. The van der Waals surface area contributed by atoms with Crippen molar-refractivity contribution in [1.82, 2.24) is 20.3 Å². The molecule has 0 bridgehead atoms. The standard InChI is InChI=1S/C12H21N5O3S/c13-12(18)3-5-21(19,20)6-4-17-9-11(15-16-17)8-14-7-10-1-2-10/h9-10,14H,1-8H2,(H2,13,18). The highest BCUT2D eigenvalue weighted by atomic mass is 32.2. The van der Waals surface area contributed by atoms with Crippen molar-refractivity contribution in [2.75, 3.05) is 18.1 Å². The number of nitrogens with two attached hydrogens (primary N) is 1. The second-order valence-electron chi connectivity index (χ2n) is 5.42. The molecule has 0 unspecified atom stereocenters. The highest BCUT2D eigenvalue weighted by molar-refractivity contribution is 7.91. The first-order valence-electron chi connectivity index (χ1n) is 7.03. The Morgan fingerprint density at radius 2 is 2.19 bits per heavy atom. The first-order valence-corrected chi connectivity index (χ1v) is 8.85. The van der Waals surface area contributed by atoms with E-state index in [1.54, 1.807) is 6.20 Å². The number of sulfone groups is 1. The molecule has 1 aromatic rings. The van der Waals surface area contributed by atoms with Gasteiger partial charge in [0, 0.05) is 19.2 Å². The molecule has 0 radical (unpaired) electrons. The molecule has 1 heterocycles. The predicted molar refractivity (Wildman–Crippen MR) is 76.9 cm³/mol. The number of aromatic nitrogens is 3. The van der Waals surface area contributed by atoms with E-state index in [1.165, 1.54) is 17.5 Å². The topological polar surface area (TPSA) is 120 Å². The Morgan fingerprint density at radius 1 is 1.43 bits per heavy atom. The number of aryl methyl sites for hydroxylation is 1. The summed E-state index contributed by atoms with van der Waals surface area (Å²) in [7, 11) is -3.29. The summed E-state index contributed by atoms with van der Waals surface area (Å²) in [4.78, 5) is 10.6. The molecule has 118 valence electrons. The largest absolute Gasteiger partial charge is 0.370 e. The van der Waals surface area contributed by atoms with Gasteiger partial charge in [-0.15, -0.1) is 5.10 Å². The van der Waals surface area contributed by atoms with Gasteiger partial charge in [-0.1, -0.05) is 5.21 Å². The van der Waals surface area contributed by atoms with Crippen LogP contribution in [0.25, 0.3) is 0 Å². The Bertz CT molecular complexity index is 579. The van der Waals surface area contributed by atoms with Crippen molar-refractivity contribution < 1.29 is 13.2 Å². The Labute approximate surface area is 124 Å². The van der Waals surface area contributed by atoms with Gasteiger partial charge in [0.05, 0.1) is 23.7 Å². The maximum absolute atomic E-state index is 11.7. The van der Waals surface area contributed by atoms with Crippen LogP contribution < -0.4 is 11.1 Å². The van der Waals surface area contributed by atoms with Crippen LogP contribution in [-0.2, 0) is 27.7 Å². The normalized spacial score (nSPS) is 15.2. The van der Waals surface area contributed by atoms with Crippen LogP contribution in [0.5, 0.6) is 0 Å². The number of nitrogens with one attached hydrogen (secondary N) is 1. The van der Waals surface area contributed by atoms with Gasteiger partial charge in [-0.3, -0.25) is 9.48 Å². The van der Waals surface area contributed by atoms with Gasteiger partial charge in [-0.2, -0.15) is 0 Å². The average Bonchev–Trinajstić information content (AvgIpc) is 3.12. The molecular formula is C12H21N5O3S. The van der Waals surface area contributed by atoms with Crippen molar-refractivity contribution in [2.45, 2.75) is 32.4 Å². The number of carbonyl (C=O) groups is 1. The van der Waals surface area contributed by atoms with Crippen molar-refractivity contribution >= 4 is 15.7 Å². The molecule has 9 heteroatoms. The summed E-state index contributed by atoms with van der Waals surface area (Å²) in [6.45, 7) is 1.87. The highest BCUT2D eigenvalue weighted by Gasteiger charge is 2.20. The summed E-state index contributed by atoms with van der Waals surface area (Å²) < 4.78 is 24.9. The van der Waals surface area contributed by atoms with Gasteiger partial charge in [-0.05, 0) is 25.3 Å². The maximum atomic E-state index is 11.7. The lowest BCUT2D eigenvalue weighted by atomic mass is 10.4. The van der Waals surface area contributed by atoms with E-state index in [1.807, 2.05) is 0 Å². The van der Waals surface area contributed by atoms with Gasteiger partial charge < -0.3 is 11.1 Å². The van der Waals surface area contributed by atoms with Crippen LogP contribution in [0.2, 0.25) is 0 Å². The molecule has 3 N–H and O–H groups in total. The van der Waals surface area contributed by atoms with E-state index < -0.39 is 15.7 Å². The molecule has 1 aliphatic rings. The second kappa shape index (κ2) is 6.99. The predicted octanol–water partition coefficient (Wildman–Crippen LogP) is -0.932. The van der Waals surface area contributed by atoms with Crippen molar-refractivity contribution in [2.24, 2.45) is 11.7 Å². The maximum Gasteiger partial charge on any atom is 0.218 e. The Kier molecular flexibility index (Phi) is 5.29. The summed E-state index contributed by atoms with van der Waals surface area (Å²) in [6.07, 6.45) is 4.19. The summed E-state index contributed by atoms with van der Waals surface area (Å²) in [5.41, 5.74) is 5.74. The number of hydrogen-bond donors (Lipinski definition) is 2. The lowest BCUT2D eigenvalue weighted by Gasteiger charge is -2.02. The second-order valence-corrected chi connectivity index (χ2v) is 7.72. The highest BCUT2D eigenvalue weighted by Crippen LogP contribution is 2.27. The lowest BCUT2D eigenvalue weighted by Crippen LogP contribution is -2.21. The van der Waals surface area contributed by atoms with Crippen LogP contribution in [-0.4, -0.2) is 47.4 Å². The fourth-order valence-electron chi connectivity index (χ4n) is 1.85. The van der Waals surface area contributed by atoms with Crippen LogP contribution in [0.1, 0.15) is 25.0 Å². The van der Waals surface area contributed by atoms with Crippen LogP contribution in [0.15, 0.2) is 6.20 Å². The van der Waals surface area contributed by atoms with E-state index in [0.717, 1.165) is 18.2 Å². The van der Waals surface area contributed by atoms with Crippen molar-refractivity contribution in [3.63, 3.8) is 0 Å². The third-order valence-corrected chi connectivity index (χ3v) is 4.94. The first kappa shape index (κ1) is 15.9. The summed E-state index contributed by atoms with van der Waals surface area (Å²) >= 11 is 0. The molecular weight excluding hydrogens is 294 g/mol. The zero-order chi connectivity index (χ0) is 15.3. The fourth-order valence-corrected chi connectivity index (χ4v) is 3.03. The molecule has 1 aliphatic carbocycles. The number of hydrogen-bond acceptors (Lipinski definition) is 6. The summed E-state index contributed by atoms with van der Waals surface area (Å²) in [5, 5.41) is 11.2. The Balaban J connectivity index is 1.72. The van der Waals surface area contributed by atoms with Gasteiger partial charge in [0.1, 0.15) is 0 Å². The third kappa shape index (κ3) is 6.21. The minimum absolute atomic E-state index is 0.0709. The van der Waals surface area contributed by atoms with Crippen LogP contribution >= 0.6 is 0 Å². The fraction of sp³-hybridized carbons (Fsp3) is 0.750. The van der Waals surface area contributed by atoms with Gasteiger partial charge in [0.2, 0.25) is 5.91 Å². The SMILES string of the molecule is NC(=O)CCS(=O)(=O)CCn1cc(CNCC2CC2)nn1. The monoisotopic (exact) mass is 315 g/mol. The van der Waals surface area contributed by atoms with Gasteiger partial charge in [-0.25, -0.2) is 8.42 Å². The summed E-state index contributed by atoms with van der Waals surface area (Å²) in [5.74, 6) is -0.0930. The van der Waals surface area contributed by atoms with Crippen LogP contribution in [0.3, 0.4) is 0 Å². The number of nitrogens with zero attached hydrogens (tertiary/aromatic N) is 3. The van der Waals surface area contributed by atoms with Crippen molar-refractivity contribution in [1.29, 1.82) is 0 Å². The van der Waals surface area contributed by atoms with Crippen molar-refractivity contribution in [3.05, 3.63) is 11.9 Å². The summed E-state index contributed by atoms with van der Waals surface area (Å²) in [6, 6.07) is 0.